The molecule has 1 saturated heterocycles. The minimum absolute atomic E-state index is 0.239. The number of carboxylic acids is 2. The van der Waals surface area contributed by atoms with Gasteiger partial charge in [-0.25, -0.2) is 4.79 Å². The number of thioether (sulfide) groups is 1. The third-order valence-corrected chi connectivity index (χ3v) is 5.57. The number of carboxylic acid groups (broad SMARTS) is 2. The molecular weight excluding hydrogens is 458 g/mol. The lowest BCUT2D eigenvalue weighted by Crippen LogP contribution is -2.57. The number of carbonyl (C=O) groups is 6. The van der Waals surface area contributed by atoms with E-state index in [1.165, 1.54) is 11.8 Å². The second-order valence-corrected chi connectivity index (χ2v) is 8.54. The maximum absolute atomic E-state index is 12.8. The average Bonchev–Trinajstić information content (AvgIpc) is 3.27. The van der Waals surface area contributed by atoms with E-state index >= 15 is 0 Å². The maximum Gasteiger partial charge on any atom is 0.326 e. The number of nitrogens with one attached hydrogen (secondary N) is 4. The number of carbonyl (C=O) groups excluding carboxylic acids is 4. The van der Waals surface area contributed by atoms with Crippen molar-refractivity contribution in [3.63, 3.8) is 0 Å². The van der Waals surface area contributed by atoms with Crippen LogP contribution in [0.5, 0.6) is 0 Å². The Morgan fingerprint density at radius 1 is 1.00 bits per heavy atom. The zero-order valence-electron chi connectivity index (χ0n) is 18.3. The number of amides is 4. The highest BCUT2D eigenvalue weighted by molar-refractivity contribution is 7.98. The monoisotopic (exact) mass is 489 g/mol. The molecule has 0 aromatic carbocycles. The van der Waals surface area contributed by atoms with Crippen molar-refractivity contribution in [3.05, 3.63) is 0 Å². The number of aliphatic carboxylic acids is 2. The molecule has 0 radical (unpaired) electrons. The average molecular weight is 490 g/mol. The number of hydrogen-bond donors (Lipinski definition) is 7. The number of rotatable bonds is 15. The van der Waals surface area contributed by atoms with Gasteiger partial charge in [0.15, 0.2) is 0 Å². The molecule has 0 spiro atoms. The molecule has 186 valence electrons. The van der Waals surface area contributed by atoms with Crippen LogP contribution in [0.1, 0.15) is 38.5 Å². The summed E-state index contributed by atoms with van der Waals surface area (Å²) in [6, 6.07) is -4.54. The van der Waals surface area contributed by atoms with E-state index in [4.69, 9.17) is 10.8 Å². The molecular formula is C19H31N5O8S. The lowest BCUT2D eigenvalue weighted by atomic mass is 10.1. The topological polar surface area (TPSA) is 217 Å². The van der Waals surface area contributed by atoms with Crippen molar-refractivity contribution in [2.24, 2.45) is 5.73 Å². The van der Waals surface area contributed by atoms with Crippen LogP contribution in [0.2, 0.25) is 0 Å². The van der Waals surface area contributed by atoms with Crippen LogP contribution < -0.4 is 27.0 Å². The standard InChI is InChI=1S/C19H31N5O8S/c1-33-8-6-11(22-16(28)10-3-2-7-21-10)17(29)24-13(9-15(26)27)18(30)23-12(19(31)32)4-5-14(20)25/h10-13,21H,2-9H2,1H3,(H2,20,25)(H,22,28)(H,23,30)(H,24,29)(H,26,27)(H,31,32). The summed E-state index contributed by atoms with van der Waals surface area (Å²) >= 11 is 1.44. The molecule has 33 heavy (non-hydrogen) atoms. The first-order chi connectivity index (χ1) is 15.5. The molecule has 1 rings (SSSR count). The molecule has 4 atom stereocenters. The Morgan fingerprint density at radius 2 is 1.64 bits per heavy atom. The van der Waals surface area contributed by atoms with E-state index < -0.39 is 60.2 Å². The minimum Gasteiger partial charge on any atom is -0.481 e. The summed E-state index contributed by atoms with van der Waals surface area (Å²) in [6.45, 7) is 0.682. The Balaban J connectivity index is 2.89. The Bertz CT molecular complexity index is 744. The van der Waals surface area contributed by atoms with Crippen LogP contribution in [0.3, 0.4) is 0 Å². The van der Waals surface area contributed by atoms with Gasteiger partial charge in [-0.15, -0.1) is 0 Å². The van der Waals surface area contributed by atoms with E-state index in [1.807, 2.05) is 6.26 Å². The highest BCUT2D eigenvalue weighted by Crippen LogP contribution is 2.08. The zero-order chi connectivity index (χ0) is 25.0. The fraction of sp³-hybridized carbons (Fsp3) is 0.684. The van der Waals surface area contributed by atoms with Crippen LogP contribution in [-0.2, 0) is 28.8 Å². The predicted octanol–water partition coefficient (Wildman–Crippen LogP) is -2.23. The molecule has 1 aliphatic heterocycles. The first-order valence-corrected chi connectivity index (χ1v) is 11.8. The van der Waals surface area contributed by atoms with E-state index in [0.29, 0.717) is 18.7 Å². The van der Waals surface area contributed by atoms with Crippen molar-refractivity contribution < 1.29 is 39.0 Å². The largest absolute Gasteiger partial charge is 0.481 e. The van der Waals surface area contributed by atoms with Crippen LogP contribution in [0.4, 0.5) is 0 Å². The summed E-state index contributed by atoms with van der Waals surface area (Å²) in [4.78, 5) is 71.3. The predicted molar refractivity (Wildman–Crippen MR) is 118 cm³/mol. The van der Waals surface area contributed by atoms with Crippen LogP contribution >= 0.6 is 11.8 Å². The molecule has 14 heteroatoms. The second kappa shape index (κ2) is 14.3. The molecule has 1 heterocycles. The summed E-state index contributed by atoms with van der Waals surface area (Å²) in [5, 5.41) is 28.5. The normalized spacial score (nSPS) is 17.9. The Hall–Kier alpha value is -2.87. The van der Waals surface area contributed by atoms with Crippen LogP contribution in [0.15, 0.2) is 0 Å². The minimum atomic E-state index is -1.59. The molecule has 4 unspecified atom stereocenters. The van der Waals surface area contributed by atoms with Gasteiger partial charge < -0.3 is 37.2 Å². The molecule has 1 fully saturated rings. The first kappa shape index (κ1) is 28.2. The summed E-state index contributed by atoms with van der Waals surface area (Å²) in [5.74, 6) is -5.28. The molecule has 4 amide bonds. The fourth-order valence-electron chi connectivity index (χ4n) is 3.16. The van der Waals surface area contributed by atoms with Gasteiger partial charge >= 0.3 is 11.9 Å². The number of primary amides is 1. The van der Waals surface area contributed by atoms with E-state index in [0.717, 1.165) is 6.42 Å². The van der Waals surface area contributed by atoms with Gasteiger partial charge in [0.2, 0.25) is 23.6 Å². The number of hydrogen-bond acceptors (Lipinski definition) is 8. The van der Waals surface area contributed by atoms with Crippen molar-refractivity contribution in [2.75, 3.05) is 18.6 Å². The quantitative estimate of drug-likeness (QED) is 0.131. The lowest BCUT2D eigenvalue weighted by Gasteiger charge is -2.24. The highest BCUT2D eigenvalue weighted by Gasteiger charge is 2.32. The molecule has 0 aromatic heterocycles. The summed E-state index contributed by atoms with van der Waals surface area (Å²) in [6.07, 6.45) is 2.07. The molecule has 1 aliphatic rings. The fourth-order valence-corrected chi connectivity index (χ4v) is 3.63. The Kier molecular flexibility index (Phi) is 12.2. The van der Waals surface area contributed by atoms with Gasteiger partial charge in [0.25, 0.3) is 0 Å². The van der Waals surface area contributed by atoms with Crippen LogP contribution in [0, 0.1) is 0 Å². The lowest BCUT2D eigenvalue weighted by molar-refractivity contribution is -0.143. The molecule has 8 N–H and O–H groups in total. The van der Waals surface area contributed by atoms with Crippen molar-refractivity contribution in [2.45, 2.75) is 62.7 Å². The van der Waals surface area contributed by atoms with Gasteiger partial charge in [0.1, 0.15) is 18.1 Å². The number of nitrogens with two attached hydrogens (primary N) is 1. The first-order valence-electron chi connectivity index (χ1n) is 10.4. The van der Waals surface area contributed by atoms with Gasteiger partial charge in [0.05, 0.1) is 12.5 Å². The van der Waals surface area contributed by atoms with Crippen LogP contribution in [0.25, 0.3) is 0 Å². The third-order valence-electron chi connectivity index (χ3n) is 4.93. The Morgan fingerprint density at radius 3 is 2.15 bits per heavy atom. The molecule has 0 bridgehead atoms. The zero-order valence-corrected chi connectivity index (χ0v) is 19.1. The van der Waals surface area contributed by atoms with E-state index in [1.54, 1.807) is 0 Å². The van der Waals surface area contributed by atoms with E-state index in [-0.39, 0.29) is 25.2 Å². The van der Waals surface area contributed by atoms with Crippen molar-refractivity contribution in [1.29, 1.82) is 0 Å². The van der Waals surface area contributed by atoms with E-state index in [9.17, 15) is 33.9 Å². The SMILES string of the molecule is CSCCC(NC(=O)C1CCCN1)C(=O)NC(CC(=O)O)C(=O)NC(CCC(N)=O)C(=O)O. The van der Waals surface area contributed by atoms with Gasteiger partial charge in [-0.2, -0.15) is 11.8 Å². The Labute approximate surface area is 195 Å². The molecule has 0 aromatic rings. The summed E-state index contributed by atoms with van der Waals surface area (Å²) in [5.41, 5.74) is 5.00. The van der Waals surface area contributed by atoms with Crippen molar-refractivity contribution in [3.8, 4) is 0 Å². The van der Waals surface area contributed by atoms with Crippen LogP contribution in [-0.4, -0.2) is 88.5 Å². The molecule has 0 aliphatic carbocycles. The second-order valence-electron chi connectivity index (χ2n) is 7.56. The van der Waals surface area contributed by atoms with E-state index in [2.05, 4.69) is 21.3 Å². The molecule has 0 saturated carbocycles. The molecule has 13 nitrogen and oxygen atoms in total. The maximum atomic E-state index is 12.8. The van der Waals surface area contributed by atoms with Gasteiger partial charge in [-0.1, -0.05) is 0 Å². The van der Waals surface area contributed by atoms with Gasteiger partial charge in [-0.05, 0) is 44.2 Å². The summed E-state index contributed by atoms with van der Waals surface area (Å²) in [7, 11) is 0. The third kappa shape index (κ3) is 10.5. The van der Waals surface area contributed by atoms with Crippen molar-refractivity contribution in [1.82, 2.24) is 21.3 Å². The highest BCUT2D eigenvalue weighted by atomic mass is 32.2. The summed E-state index contributed by atoms with van der Waals surface area (Å²) < 4.78 is 0. The van der Waals surface area contributed by atoms with Crippen molar-refractivity contribution >= 4 is 47.3 Å². The van der Waals surface area contributed by atoms with Gasteiger partial charge in [0, 0.05) is 6.42 Å². The van der Waals surface area contributed by atoms with Gasteiger partial charge in [-0.3, -0.25) is 24.0 Å². The smallest absolute Gasteiger partial charge is 0.326 e.